The molecule has 0 heterocycles. The fraction of sp³-hybridized carbons (Fsp3) is 0.417. The van der Waals surface area contributed by atoms with Crippen molar-refractivity contribution in [3.05, 3.63) is 34.4 Å². The van der Waals surface area contributed by atoms with Crippen molar-refractivity contribution in [2.24, 2.45) is 0 Å². The molecule has 0 fully saturated rings. The average Bonchev–Trinajstić information content (AvgIpc) is 2.29. The summed E-state index contributed by atoms with van der Waals surface area (Å²) in [5, 5.41) is 16.4. The van der Waals surface area contributed by atoms with Crippen LogP contribution >= 0.6 is 0 Å². The van der Waals surface area contributed by atoms with Crippen molar-refractivity contribution in [2.75, 3.05) is 11.9 Å². The number of carbonyl (C=O) groups is 1. The number of para-hydroxylation sites is 2. The Kier molecular flexibility index (Phi) is 5.26. The van der Waals surface area contributed by atoms with Crippen LogP contribution in [0.15, 0.2) is 24.3 Å². The molecule has 1 atom stereocenters. The van der Waals surface area contributed by atoms with E-state index < -0.39 is 4.92 Å². The van der Waals surface area contributed by atoms with Gasteiger partial charge in [-0.2, -0.15) is 0 Å². The monoisotopic (exact) mass is 251 g/mol. The summed E-state index contributed by atoms with van der Waals surface area (Å²) in [6.45, 7) is 4.62. The molecule has 1 amide bonds. The number of rotatable bonds is 6. The number of carbonyl (C=O) groups excluding carboxylic acids is 1. The van der Waals surface area contributed by atoms with Crippen molar-refractivity contribution < 1.29 is 9.72 Å². The number of amides is 1. The molecule has 0 saturated carbocycles. The predicted octanol–water partition coefficient (Wildman–Crippen LogP) is 1.92. The van der Waals surface area contributed by atoms with Crippen LogP contribution < -0.4 is 10.6 Å². The fourth-order valence-electron chi connectivity index (χ4n) is 1.64. The Balaban J connectivity index is 2.67. The summed E-state index contributed by atoms with van der Waals surface area (Å²) in [7, 11) is 0. The summed E-state index contributed by atoms with van der Waals surface area (Å²) in [6.07, 6.45) is 0.278. The molecule has 1 aromatic carbocycles. The van der Waals surface area contributed by atoms with E-state index in [1.165, 1.54) is 12.1 Å². The Bertz CT molecular complexity index is 434. The molecule has 0 radical (unpaired) electrons. The maximum Gasteiger partial charge on any atom is 0.292 e. The quantitative estimate of drug-likeness (QED) is 0.597. The van der Waals surface area contributed by atoms with Crippen molar-refractivity contribution in [1.29, 1.82) is 0 Å². The van der Waals surface area contributed by atoms with E-state index >= 15 is 0 Å². The van der Waals surface area contributed by atoms with E-state index in [1.807, 2.05) is 13.8 Å². The van der Waals surface area contributed by atoms with Gasteiger partial charge in [-0.1, -0.05) is 19.1 Å². The normalized spacial score (nSPS) is 11.9. The second-order valence-corrected chi connectivity index (χ2v) is 3.99. The third kappa shape index (κ3) is 4.14. The lowest BCUT2D eigenvalue weighted by Crippen LogP contribution is -2.30. The Morgan fingerprint density at radius 1 is 1.44 bits per heavy atom. The van der Waals surface area contributed by atoms with Gasteiger partial charge in [-0.15, -0.1) is 0 Å². The summed E-state index contributed by atoms with van der Waals surface area (Å²) < 4.78 is 0. The van der Waals surface area contributed by atoms with Crippen LogP contribution in [0.5, 0.6) is 0 Å². The molecule has 1 aromatic rings. The number of benzene rings is 1. The number of nitrogens with one attached hydrogen (secondary N) is 2. The minimum absolute atomic E-state index is 0.0396. The van der Waals surface area contributed by atoms with Gasteiger partial charge in [0.05, 0.1) is 4.92 Å². The van der Waals surface area contributed by atoms with E-state index in [-0.39, 0.29) is 29.7 Å². The van der Waals surface area contributed by atoms with Crippen LogP contribution in [0.2, 0.25) is 0 Å². The molecule has 1 rings (SSSR count). The van der Waals surface area contributed by atoms with E-state index in [0.717, 1.165) is 6.54 Å². The molecule has 6 nitrogen and oxygen atoms in total. The summed E-state index contributed by atoms with van der Waals surface area (Å²) in [5.74, 6) is -0.238. The molecule has 18 heavy (non-hydrogen) atoms. The van der Waals surface area contributed by atoms with Gasteiger partial charge < -0.3 is 10.6 Å². The van der Waals surface area contributed by atoms with E-state index in [0.29, 0.717) is 0 Å². The molecule has 0 aliphatic rings. The smallest absolute Gasteiger partial charge is 0.292 e. The second-order valence-electron chi connectivity index (χ2n) is 3.99. The zero-order valence-corrected chi connectivity index (χ0v) is 10.5. The standard InChI is InChI=1S/C12H17N3O3/c1-3-13-9(2)8-12(16)14-10-6-4-5-7-11(10)15(17)18/h4-7,9,13H,3,8H2,1-2H3,(H,14,16). The maximum atomic E-state index is 11.7. The van der Waals surface area contributed by atoms with Crippen LogP contribution in [0.4, 0.5) is 11.4 Å². The third-order valence-electron chi connectivity index (χ3n) is 2.42. The average molecular weight is 251 g/mol. The lowest BCUT2D eigenvalue weighted by Gasteiger charge is -2.12. The molecule has 98 valence electrons. The van der Waals surface area contributed by atoms with Crippen LogP contribution in [-0.4, -0.2) is 23.4 Å². The number of nitro benzene ring substituents is 1. The first-order valence-corrected chi connectivity index (χ1v) is 5.81. The molecule has 0 aromatic heterocycles. The van der Waals surface area contributed by atoms with Gasteiger partial charge in [-0.05, 0) is 19.5 Å². The second kappa shape index (κ2) is 6.70. The third-order valence-corrected chi connectivity index (χ3v) is 2.42. The minimum atomic E-state index is -0.511. The Labute approximate surface area is 106 Å². The summed E-state index contributed by atoms with van der Waals surface area (Å²) in [5.41, 5.74) is 0.137. The number of nitrogens with zero attached hydrogens (tertiary/aromatic N) is 1. The van der Waals surface area contributed by atoms with Crippen LogP contribution in [0, 0.1) is 10.1 Å². The van der Waals surface area contributed by atoms with Crippen molar-refractivity contribution in [3.63, 3.8) is 0 Å². The van der Waals surface area contributed by atoms with Crippen molar-refractivity contribution in [2.45, 2.75) is 26.3 Å². The van der Waals surface area contributed by atoms with E-state index in [4.69, 9.17) is 0 Å². The highest BCUT2D eigenvalue weighted by atomic mass is 16.6. The van der Waals surface area contributed by atoms with Gasteiger partial charge in [-0.3, -0.25) is 14.9 Å². The molecule has 2 N–H and O–H groups in total. The first-order chi connectivity index (χ1) is 8.54. The van der Waals surface area contributed by atoms with Crippen LogP contribution in [0.1, 0.15) is 20.3 Å². The first-order valence-electron chi connectivity index (χ1n) is 5.81. The van der Waals surface area contributed by atoms with E-state index in [2.05, 4.69) is 10.6 Å². The van der Waals surface area contributed by atoms with Crippen LogP contribution in [0.25, 0.3) is 0 Å². The van der Waals surface area contributed by atoms with Gasteiger partial charge in [0.2, 0.25) is 5.91 Å². The molecule has 0 saturated heterocycles. The Morgan fingerprint density at radius 2 is 2.11 bits per heavy atom. The molecular formula is C12H17N3O3. The summed E-state index contributed by atoms with van der Waals surface area (Å²) >= 11 is 0. The topological polar surface area (TPSA) is 84.3 Å². The Morgan fingerprint density at radius 3 is 2.72 bits per heavy atom. The number of hydrogen-bond donors (Lipinski definition) is 2. The highest BCUT2D eigenvalue weighted by Crippen LogP contribution is 2.23. The lowest BCUT2D eigenvalue weighted by atomic mass is 10.2. The SMILES string of the molecule is CCNC(C)CC(=O)Nc1ccccc1[N+](=O)[O-]. The molecule has 0 spiro atoms. The van der Waals surface area contributed by atoms with Gasteiger partial charge in [0.15, 0.2) is 0 Å². The first kappa shape index (κ1) is 14.1. The zero-order chi connectivity index (χ0) is 13.5. The fourth-order valence-corrected chi connectivity index (χ4v) is 1.64. The van der Waals surface area contributed by atoms with Crippen molar-refractivity contribution in [3.8, 4) is 0 Å². The Hall–Kier alpha value is -1.95. The maximum absolute atomic E-state index is 11.7. The summed E-state index contributed by atoms with van der Waals surface area (Å²) in [4.78, 5) is 22.0. The van der Waals surface area contributed by atoms with E-state index in [9.17, 15) is 14.9 Å². The lowest BCUT2D eigenvalue weighted by molar-refractivity contribution is -0.383. The molecule has 6 heteroatoms. The highest BCUT2D eigenvalue weighted by Gasteiger charge is 2.15. The summed E-state index contributed by atoms with van der Waals surface area (Å²) in [6, 6.07) is 6.14. The number of anilines is 1. The molecule has 1 unspecified atom stereocenters. The molecule has 0 bridgehead atoms. The van der Waals surface area contributed by atoms with Crippen molar-refractivity contribution in [1.82, 2.24) is 5.32 Å². The molecule has 0 aliphatic heterocycles. The van der Waals surface area contributed by atoms with Crippen LogP contribution in [-0.2, 0) is 4.79 Å². The largest absolute Gasteiger partial charge is 0.320 e. The predicted molar refractivity (Wildman–Crippen MR) is 69.5 cm³/mol. The zero-order valence-electron chi connectivity index (χ0n) is 10.5. The highest BCUT2D eigenvalue weighted by molar-refractivity contribution is 5.93. The molecular weight excluding hydrogens is 234 g/mol. The number of nitro groups is 1. The van der Waals surface area contributed by atoms with E-state index in [1.54, 1.807) is 12.1 Å². The van der Waals surface area contributed by atoms with Gasteiger partial charge in [0.25, 0.3) is 5.69 Å². The minimum Gasteiger partial charge on any atom is -0.320 e. The number of hydrogen-bond acceptors (Lipinski definition) is 4. The molecule has 0 aliphatic carbocycles. The van der Waals surface area contributed by atoms with Gasteiger partial charge >= 0.3 is 0 Å². The van der Waals surface area contributed by atoms with Gasteiger partial charge in [-0.25, -0.2) is 0 Å². The van der Waals surface area contributed by atoms with Crippen LogP contribution in [0.3, 0.4) is 0 Å². The van der Waals surface area contributed by atoms with Gasteiger partial charge in [0.1, 0.15) is 5.69 Å². The van der Waals surface area contributed by atoms with Crippen molar-refractivity contribution >= 4 is 17.3 Å². The van der Waals surface area contributed by atoms with Gasteiger partial charge in [0, 0.05) is 18.5 Å².